The minimum absolute atomic E-state index is 0.487. The monoisotopic (exact) mass is 328 g/mol. The molecule has 3 N–H and O–H groups in total. The van der Waals surface area contributed by atoms with E-state index in [9.17, 15) is 4.79 Å². The van der Waals surface area contributed by atoms with Gasteiger partial charge in [0, 0.05) is 11.6 Å². The first kappa shape index (κ1) is 15.5. The molecule has 0 aliphatic rings. The number of pyridine rings is 1. The van der Waals surface area contributed by atoms with Gasteiger partial charge in [0.25, 0.3) is 0 Å². The van der Waals surface area contributed by atoms with Crippen molar-refractivity contribution in [2.45, 2.75) is 13.3 Å². The molecule has 1 amide bonds. The minimum Gasteiger partial charge on any atom is -0.481 e. The van der Waals surface area contributed by atoms with Gasteiger partial charge in [0.15, 0.2) is 5.82 Å². The Balaban J connectivity index is 2.03. The van der Waals surface area contributed by atoms with Crippen molar-refractivity contribution in [2.75, 3.05) is 17.7 Å². The largest absolute Gasteiger partial charge is 0.481 e. The summed E-state index contributed by atoms with van der Waals surface area (Å²) in [6.45, 7) is 1.94. The van der Waals surface area contributed by atoms with Crippen LogP contribution in [0.3, 0.4) is 0 Å². The van der Waals surface area contributed by atoms with Crippen LogP contribution >= 0.6 is 0 Å². The molecule has 0 radical (unpaired) electrons. The van der Waals surface area contributed by atoms with Crippen LogP contribution in [0, 0.1) is 0 Å². The summed E-state index contributed by atoms with van der Waals surface area (Å²) in [5, 5.41) is 18.7. The number of aryl methyl sites for hydroxylation is 1. The molecule has 24 heavy (non-hydrogen) atoms. The van der Waals surface area contributed by atoms with Crippen molar-refractivity contribution in [3.63, 3.8) is 0 Å². The van der Waals surface area contributed by atoms with Crippen molar-refractivity contribution in [3.8, 4) is 5.88 Å². The summed E-state index contributed by atoms with van der Waals surface area (Å²) < 4.78 is 6.63. The lowest BCUT2D eigenvalue weighted by Crippen LogP contribution is -2.07. The molecule has 0 aliphatic carbocycles. The predicted octanol–water partition coefficient (Wildman–Crippen LogP) is 2.53. The van der Waals surface area contributed by atoms with E-state index in [-0.39, 0.29) is 0 Å². The molecule has 0 saturated carbocycles. The maximum atomic E-state index is 11.0. The second-order valence-corrected chi connectivity index (χ2v) is 4.92. The number of aromatic nitrogens is 4. The molecular weight excluding hydrogens is 312 g/mol. The van der Waals surface area contributed by atoms with Gasteiger partial charge in [-0.05, 0) is 12.5 Å². The number of anilines is 3. The highest BCUT2D eigenvalue weighted by Gasteiger charge is 2.16. The molecular formula is C15H16N6O3. The molecule has 3 aromatic rings. The minimum atomic E-state index is -1.12. The van der Waals surface area contributed by atoms with E-state index in [2.05, 4.69) is 25.7 Å². The number of nitrogens with one attached hydrogen (secondary N) is 2. The smallest absolute Gasteiger partial charge is 0.409 e. The number of rotatable bonds is 5. The quantitative estimate of drug-likeness (QED) is 0.659. The van der Waals surface area contributed by atoms with Crippen molar-refractivity contribution < 1.29 is 14.6 Å². The lowest BCUT2D eigenvalue weighted by atomic mass is 10.2. The zero-order valence-electron chi connectivity index (χ0n) is 13.1. The Hall–Kier alpha value is -3.36. The fourth-order valence-electron chi connectivity index (χ4n) is 2.46. The van der Waals surface area contributed by atoms with E-state index in [1.54, 1.807) is 30.1 Å². The van der Waals surface area contributed by atoms with Crippen LogP contribution in [-0.2, 0) is 6.42 Å². The number of carbonyl (C=O) groups is 1. The molecule has 0 spiro atoms. The van der Waals surface area contributed by atoms with Gasteiger partial charge >= 0.3 is 6.09 Å². The van der Waals surface area contributed by atoms with E-state index >= 15 is 0 Å². The molecule has 0 fully saturated rings. The first-order chi connectivity index (χ1) is 11.6. The number of amides is 1. The van der Waals surface area contributed by atoms with Gasteiger partial charge in [-0.1, -0.05) is 6.92 Å². The van der Waals surface area contributed by atoms with Gasteiger partial charge in [0.2, 0.25) is 5.88 Å². The van der Waals surface area contributed by atoms with Gasteiger partial charge in [0.05, 0.1) is 30.9 Å². The van der Waals surface area contributed by atoms with Crippen molar-refractivity contribution in [1.82, 2.24) is 19.6 Å². The third-order valence-corrected chi connectivity index (χ3v) is 3.48. The molecule has 9 nitrogen and oxygen atoms in total. The molecule has 0 saturated heterocycles. The molecule has 0 atom stereocenters. The summed E-state index contributed by atoms with van der Waals surface area (Å²) in [5.74, 6) is 1.07. The van der Waals surface area contributed by atoms with Crippen LogP contribution in [0.25, 0.3) is 5.52 Å². The third kappa shape index (κ3) is 2.91. The van der Waals surface area contributed by atoms with Crippen molar-refractivity contribution >= 4 is 28.8 Å². The fourth-order valence-corrected chi connectivity index (χ4v) is 2.46. The van der Waals surface area contributed by atoms with Gasteiger partial charge in [-0.15, -0.1) is 0 Å². The van der Waals surface area contributed by atoms with Crippen LogP contribution in [-0.4, -0.2) is 37.9 Å². The standard InChI is InChI=1S/C15H16N6O3/c1-3-10-11(20-15(22)23)7-21-13(10)14(17-8-18-21)19-9-4-5-12(24-2)16-6-9/h4-8,20H,3H2,1-2H3,(H,22,23)(H,17,18,19). The molecule has 0 bridgehead atoms. The van der Waals surface area contributed by atoms with E-state index in [0.29, 0.717) is 29.3 Å². The fraction of sp³-hybridized carbons (Fsp3) is 0.200. The number of hydrogen-bond acceptors (Lipinski definition) is 6. The topological polar surface area (TPSA) is 114 Å². The van der Waals surface area contributed by atoms with Gasteiger partial charge in [-0.25, -0.2) is 19.3 Å². The zero-order chi connectivity index (χ0) is 17.1. The summed E-state index contributed by atoms with van der Waals surface area (Å²) in [4.78, 5) is 19.4. The highest BCUT2D eigenvalue weighted by molar-refractivity contribution is 5.89. The van der Waals surface area contributed by atoms with E-state index < -0.39 is 6.09 Å². The summed E-state index contributed by atoms with van der Waals surface area (Å²) in [5.41, 5.74) is 2.73. The SMILES string of the molecule is CCc1c(NC(=O)O)cn2ncnc(Nc3ccc(OC)nc3)c12. The number of hydrogen-bond donors (Lipinski definition) is 3. The zero-order valence-corrected chi connectivity index (χ0v) is 13.1. The van der Waals surface area contributed by atoms with Crippen molar-refractivity contribution in [3.05, 3.63) is 36.4 Å². The van der Waals surface area contributed by atoms with E-state index in [1.807, 2.05) is 13.0 Å². The van der Waals surface area contributed by atoms with Gasteiger partial charge in [0.1, 0.15) is 11.8 Å². The second-order valence-electron chi connectivity index (χ2n) is 4.92. The number of fused-ring (bicyclic) bond motifs is 1. The average Bonchev–Trinajstić information content (AvgIpc) is 2.93. The van der Waals surface area contributed by atoms with Crippen LogP contribution in [0.4, 0.5) is 22.0 Å². The van der Waals surface area contributed by atoms with Crippen molar-refractivity contribution in [1.29, 1.82) is 0 Å². The first-order valence-corrected chi connectivity index (χ1v) is 7.24. The van der Waals surface area contributed by atoms with E-state index in [0.717, 1.165) is 11.3 Å². The maximum absolute atomic E-state index is 11.0. The summed E-state index contributed by atoms with van der Waals surface area (Å²) in [6, 6.07) is 3.55. The Kier molecular flexibility index (Phi) is 4.15. The van der Waals surface area contributed by atoms with Crippen LogP contribution in [0.15, 0.2) is 30.9 Å². The van der Waals surface area contributed by atoms with Crippen LogP contribution < -0.4 is 15.4 Å². The Morgan fingerprint density at radius 1 is 1.38 bits per heavy atom. The number of ether oxygens (including phenoxy) is 1. The number of carboxylic acid groups (broad SMARTS) is 1. The Bertz CT molecular complexity index is 875. The Morgan fingerprint density at radius 2 is 2.21 bits per heavy atom. The Labute approximate surface area is 137 Å². The van der Waals surface area contributed by atoms with Gasteiger partial charge in [-0.3, -0.25) is 5.32 Å². The van der Waals surface area contributed by atoms with Gasteiger partial charge < -0.3 is 15.2 Å². The highest BCUT2D eigenvalue weighted by Crippen LogP contribution is 2.29. The second kappa shape index (κ2) is 6.41. The number of nitrogens with zero attached hydrogens (tertiary/aromatic N) is 4. The maximum Gasteiger partial charge on any atom is 0.409 e. The molecule has 0 unspecified atom stereocenters. The third-order valence-electron chi connectivity index (χ3n) is 3.48. The highest BCUT2D eigenvalue weighted by atomic mass is 16.5. The molecule has 124 valence electrons. The summed E-state index contributed by atoms with van der Waals surface area (Å²) in [7, 11) is 1.55. The lowest BCUT2D eigenvalue weighted by molar-refractivity contribution is 0.209. The predicted molar refractivity (Wildman–Crippen MR) is 88.1 cm³/mol. The lowest BCUT2D eigenvalue weighted by Gasteiger charge is -2.09. The molecule has 3 aromatic heterocycles. The summed E-state index contributed by atoms with van der Waals surface area (Å²) >= 11 is 0. The van der Waals surface area contributed by atoms with E-state index in [1.165, 1.54) is 6.33 Å². The van der Waals surface area contributed by atoms with Crippen LogP contribution in [0.5, 0.6) is 5.88 Å². The van der Waals surface area contributed by atoms with Crippen molar-refractivity contribution in [2.24, 2.45) is 0 Å². The van der Waals surface area contributed by atoms with Crippen LogP contribution in [0.1, 0.15) is 12.5 Å². The first-order valence-electron chi connectivity index (χ1n) is 7.24. The normalized spacial score (nSPS) is 10.6. The molecule has 0 aliphatic heterocycles. The molecule has 0 aromatic carbocycles. The van der Waals surface area contributed by atoms with Crippen LogP contribution in [0.2, 0.25) is 0 Å². The molecule has 9 heteroatoms. The number of methoxy groups -OCH3 is 1. The average molecular weight is 328 g/mol. The summed E-state index contributed by atoms with van der Waals surface area (Å²) in [6.07, 6.45) is 4.15. The molecule has 3 rings (SSSR count). The Morgan fingerprint density at radius 3 is 2.83 bits per heavy atom. The van der Waals surface area contributed by atoms with E-state index in [4.69, 9.17) is 9.84 Å². The van der Waals surface area contributed by atoms with Gasteiger partial charge in [-0.2, -0.15) is 5.10 Å². The molecule has 3 heterocycles.